The Morgan fingerprint density at radius 3 is 2.59 bits per heavy atom. The molecule has 2 heterocycles. The number of thioether (sulfide) groups is 1. The van der Waals surface area contributed by atoms with E-state index in [9.17, 15) is 4.79 Å². The number of carbonyl (C=O) groups excluding carboxylic acids is 1. The third-order valence-electron chi connectivity index (χ3n) is 2.41. The zero-order chi connectivity index (χ0) is 15.9. The average Bonchev–Trinajstić information content (AvgIpc) is 2.54. The second kappa shape index (κ2) is 7.02. The molecule has 2 aromatic heterocycles. The fraction of sp³-hybridized carbons (Fsp3) is 0.0769. The van der Waals surface area contributed by atoms with Crippen molar-refractivity contribution in [2.45, 2.75) is 5.03 Å². The standard InChI is InChI=1S/C13H9N7OS/c14-5-8-4-9(6-15)12(20-11(8)16)22-7-10(21)19-13-17-2-1-3-18-13/h1-4H,7H2,(H2,16,20)(H,17,18,19,21). The van der Waals surface area contributed by atoms with Crippen molar-refractivity contribution in [3.05, 3.63) is 35.7 Å². The third-order valence-corrected chi connectivity index (χ3v) is 3.41. The van der Waals surface area contributed by atoms with Gasteiger partial charge in [0.05, 0.1) is 16.9 Å². The summed E-state index contributed by atoms with van der Waals surface area (Å²) in [6, 6.07) is 6.76. The van der Waals surface area contributed by atoms with E-state index < -0.39 is 0 Å². The lowest BCUT2D eigenvalue weighted by Crippen LogP contribution is -2.16. The highest BCUT2D eigenvalue weighted by molar-refractivity contribution is 8.00. The van der Waals surface area contributed by atoms with Crippen LogP contribution in [0.5, 0.6) is 0 Å². The second-order valence-electron chi connectivity index (χ2n) is 3.91. The van der Waals surface area contributed by atoms with Gasteiger partial charge in [-0.25, -0.2) is 15.0 Å². The lowest BCUT2D eigenvalue weighted by atomic mass is 10.2. The Kier molecular flexibility index (Phi) is 4.85. The summed E-state index contributed by atoms with van der Waals surface area (Å²) in [5.74, 6) is -0.118. The van der Waals surface area contributed by atoms with Crippen molar-refractivity contribution in [2.75, 3.05) is 16.8 Å². The van der Waals surface area contributed by atoms with Crippen LogP contribution in [0.1, 0.15) is 11.1 Å². The largest absolute Gasteiger partial charge is 0.383 e. The summed E-state index contributed by atoms with van der Waals surface area (Å²) >= 11 is 1.04. The number of nitriles is 2. The molecular formula is C13H9N7OS. The first-order valence-electron chi connectivity index (χ1n) is 5.94. The molecule has 0 fully saturated rings. The SMILES string of the molecule is N#Cc1cc(C#N)c(SCC(=O)Nc2ncccn2)nc1N. The quantitative estimate of drug-likeness (QED) is 0.794. The zero-order valence-corrected chi connectivity index (χ0v) is 12.0. The maximum Gasteiger partial charge on any atom is 0.237 e. The van der Waals surface area contributed by atoms with E-state index >= 15 is 0 Å². The summed E-state index contributed by atoms with van der Waals surface area (Å²) in [6.45, 7) is 0. The molecule has 108 valence electrons. The summed E-state index contributed by atoms with van der Waals surface area (Å²) in [5, 5.41) is 20.7. The normalized spacial score (nSPS) is 9.55. The minimum atomic E-state index is -0.343. The van der Waals surface area contributed by atoms with E-state index in [-0.39, 0.29) is 34.6 Å². The molecule has 2 rings (SSSR count). The van der Waals surface area contributed by atoms with E-state index in [0.29, 0.717) is 5.03 Å². The van der Waals surface area contributed by atoms with Crippen LogP contribution in [0.3, 0.4) is 0 Å². The molecule has 0 unspecified atom stereocenters. The number of hydrogen-bond donors (Lipinski definition) is 2. The molecule has 8 nitrogen and oxygen atoms in total. The minimum absolute atomic E-state index is 0.00523. The molecule has 0 bridgehead atoms. The van der Waals surface area contributed by atoms with Crippen LogP contribution in [-0.4, -0.2) is 26.6 Å². The van der Waals surface area contributed by atoms with Gasteiger partial charge >= 0.3 is 0 Å². The Hall–Kier alpha value is -3.17. The smallest absolute Gasteiger partial charge is 0.237 e. The lowest BCUT2D eigenvalue weighted by molar-refractivity contribution is -0.113. The summed E-state index contributed by atoms with van der Waals surface area (Å²) in [7, 11) is 0. The number of pyridine rings is 1. The van der Waals surface area contributed by atoms with Crippen LogP contribution < -0.4 is 11.1 Å². The average molecular weight is 311 g/mol. The molecule has 1 amide bonds. The molecule has 0 aliphatic carbocycles. The van der Waals surface area contributed by atoms with E-state index in [2.05, 4.69) is 20.3 Å². The maximum atomic E-state index is 11.8. The first-order valence-corrected chi connectivity index (χ1v) is 6.93. The van der Waals surface area contributed by atoms with Gasteiger partial charge in [-0.3, -0.25) is 10.1 Å². The van der Waals surface area contributed by atoms with E-state index in [1.807, 2.05) is 12.1 Å². The topological polar surface area (TPSA) is 141 Å². The fourth-order valence-corrected chi connectivity index (χ4v) is 2.21. The Labute approximate surface area is 130 Å². The van der Waals surface area contributed by atoms with Gasteiger partial charge in [-0.15, -0.1) is 0 Å². The molecule has 0 saturated heterocycles. The van der Waals surface area contributed by atoms with Crippen molar-refractivity contribution >= 4 is 29.4 Å². The number of rotatable bonds is 4. The number of nitrogens with two attached hydrogens (primary N) is 1. The number of carbonyl (C=O) groups is 1. The molecule has 0 atom stereocenters. The van der Waals surface area contributed by atoms with Crippen molar-refractivity contribution < 1.29 is 4.79 Å². The van der Waals surface area contributed by atoms with Gasteiger partial charge in [0, 0.05) is 12.4 Å². The zero-order valence-electron chi connectivity index (χ0n) is 11.1. The second-order valence-corrected chi connectivity index (χ2v) is 4.87. The molecular weight excluding hydrogens is 302 g/mol. The van der Waals surface area contributed by atoms with Crippen molar-refractivity contribution in [1.29, 1.82) is 10.5 Å². The van der Waals surface area contributed by atoms with Crippen molar-refractivity contribution in [1.82, 2.24) is 15.0 Å². The Bertz CT molecular complexity index is 779. The van der Waals surface area contributed by atoms with Gasteiger partial charge in [0.1, 0.15) is 23.0 Å². The van der Waals surface area contributed by atoms with Gasteiger partial charge in [-0.2, -0.15) is 10.5 Å². The molecule has 2 aromatic rings. The third kappa shape index (κ3) is 3.69. The van der Waals surface area contributed by atoms with E-state index in [4.69, 9.17) is 16.3 Å². The van der Waals surface area contributed by atoms with Gasteiger partial charge < -0.3 is 5.73 Å². The van der Waals surface area contributed by atoms with E-state index in [1.54, 1.807) is 6.07 Å². The van der Waals surface area contributed by atoms with Gasteiger partial charge in [-0.1, -0.05) is 11.8 Å². The van der Waals surface area contributed by atoms with Crippen LogP contribution in [0.15, 0.2) is 29.6 Å². The first-order chi connectivity index (χ1) is 10.6. The van der Waals surface area contributed by atoms with Gasteiger partial charge in [0.15, 0.2) is 0 Å². The molecule has 0 spiro atoms. The predicted octanol–water partition coefficient (Wildman–Crippen LogP) is 0.928. The first kappa shape index (κ1) is 15.2. The summed E-state index contributed by atoms with van der Waals surface area (Å²) in [6.07, 6.45) is 3.01. The molecule has 0 aliphatic heterocycles. The Morgan fingerprint density at radius 1 is 1.27 bits per heavy atom. The molecule has 9 heteroatoms. The Balaban J connectivity index is 2.06. The maximum absolute atomic E-state index is 11.8. The highest BCUT2D eigenvalue weighted by atomic mass is 32.2. The molecule has 3 N–H and O–H groups in total. The fourth-order valence-electron chi connectivity index (χ4n) is 1.45. The number of nitrogens with zero attached hydrogens (tertiary/aromatic N) is 5. The number of aromatic nitrogens is 3. The summed E-state index contributed by atoms with van der Waals surface area (Å²) in [4.78, 5) is 23.5. The molecule has 0 aliphatic rings. The monoisotopic (exact) mass is 311 g/mol. The van der Waals surface area contributed by atoms with E-state index in [1.165, 1.54) is 18.5 Å². The highest BCUT2D eigenvalue weighted by Crippen LogP contribution is 2.23. The van der Waals surface area contributed by atoms with Crippen LogP contribution in [-0.2, 0) is 4.79 Å². The molecule has 0 saturated carbocycles. The van der Waals surface area contributed by atoms with Crippen LogP contribution in [0.4, 0.5) is 11.8 Å². The van der Waals surface area contributed by atoms with Crippen molar-refractivity contribution in [3.63, 3.8) is 0 Å². The molecule has 0 aromatic carbocycles. The van der Waals surface area contributed by atoms with E-state index in [0.717, 1.165) is 11.8 Å². The predicted molar refractivity (Wildman–Crippen MR) is 79.5 cm³/mol. The minimum Gasteiger partial charge on any atom is -0.383 e. The van der Waals surface area contributed by atoms with Gasteiger partial charge in [0.25, 0.3) is 0 Å². The number of anilines is 2. The number of nitrogens with one attached hydrogen (secondary N) is 1. The van der Waals surface area contributed by atoms with Crippen molar-refractivity contribution in [3.8, 4) is 12.1 Å². The summed E-state index contributed by atoms with van der Waals surface area (Å²) in [5.41, 5.74) is 5.93. The molecule has 22 heavy (non-hydrogen) atoms. The lowest BCUT2D eigenvalue weighted by Gasteiger charge is -2.06. The van der Waals surface area contributed by atoms with Gasteiger partial charge in [0.2, 0.25) is 11.9 Å². The van der Waals surface area contributed by atoms with Crippen LogP contribution in [0, 0.1) is 22.7 Å². The number of hydrogen-bond acceptors (Lipinski definition) is 8. The van der Waals surface area contributed by atoms with Crippen molar-refractivity contribution in [2.24, 2.45) is 0 Å². The number of amides is 1. The summed E-state index contributed by atoms with van der Waals surface area (Å²) < 4.78 is 0. The van der Waals surface area contributed by atoms with Crippen LogP contribution in [0.2, 0.25) is 0 Å². The van der Waals surface area contributed by atoms with Gasteiger partial charge in [-0.05, 0) is 12.1 Å². The van der Waals surface area contributed by atoms with Crippen LogP contribution >= 0.6 is 11.8 Å². The number of nitrogen functional groups attached to an aromatic ring is 1. The highest BCUT2D eigenvalue weighted by Gasteiger charge is 2.12. The molecule has 0 radical (unpaired) electrons. The Morgan fingerprint density at radius 2 is 1.95 bits per heavy atom. The van der Waals surface area contributed by atoms with Crippen LogP contribution in [0.25, 0.3) is 0 Å².